The number of benzene rings is 1. The van der Waals surface area contributed by atoms with E-state index in [1.165, 1.54) is 6.07 Å². The normalized spacial score (nSPS) is 17.0. The van der Waals surface area contributed by atoms with Crippen molar-refractivity contribution >= 4 is 0 Å². The van der Waals surface area contributed by atoms with Gasteiger partial charge in [-0.15, -0.1) is 0 Å². The summed E-state index contributed by atoms with van der Waals surface area (Å²) in [5.74, 6) is 0.0870. The molecule has 0 aromatic heterocycles. The molecule has 0 radical (unpaired) electrons. The maximum absolute atomic E-state index is 13.1. The standard InChI is InChI=1S/C16H22F3NO2/c1-12(2)14-4-3-13(11-15(14)16(17,18)19)22-10-7-20-5-8-21-9-6-20/h3-4,11-12H,5-10H2,1-2H3. The fourth-order valence-electron chi connectivity index (χ4n) is 2.49. The Bertz CT molecular complexity index is 483. The molecule has 0 amide bonds. The summed E-state index contributed by atoms with van der Waals surface area (Å²) in [6.45, 7) is 7.64. The second-order valence-electron chi connectivity index (χ2n) is 5.70. The molecule has 22 heavy (non-hydrogen) atoms. The van der Waals surface area contributed by atoms with Gasteiger partial charge in [-0.2, -0.15) is 13.2 Å². The maximum atomic E-state index is 13.1. The fourth-order valence-corrected chi connectivity index (χ4v) is 2.49. The van der Waals surface area contributed by atoms with E-state index in [0.717, 1.165) is 19.2 Å². The lowest BCUT2D eigenvalue weighted by Crippen LogP contribution is -2.38. The molecule has 1 saturated heterocycles. The Balaban J connectivity index is 1.99. The lowest BCUT2D eigenvalue weighted by molar-refractivity contribution is -0.138. The molecular weight excluding hydrogens is 295 g/mol. The van der Waals surface area contributed by atoms with Gasteiger partial charge >= 0.3 is 6.18 Å². The van der Waals surface area contributed by atoms with Crippen molar-refractivity contribution in [3.63, 3.8) is 0 Å². The van der Waals surface area contributed by atoms with Gasteiger partial charge in [-0.05, 0) is 23.6 Å². The summed E-state index contributed by atoms with van der Waals surface area (Å²) in [6, 6.07) is 4.23. The zero-order valence-electron chi connectivity index (χ0n) is 12.9. The van der Waals surface area contributed by atoms with Gasteiger partial charge in [-0.25, -0.2) is 0 Å². The molecule has 3 nitrogen and oxygen atoms in total. The van der Waals surface area contributed by atoms with Crippen molar-refractivity contribution in [2.45, 2.75) is 25.9 Å². The average molecular weight is 317 g/mol. The summed E-state index contributed by atoms with van der Waals surface area (Å²) in [5.41, 5.74) is -0.306. The van der Waals surface area contributed by atoms with Gasteiger partial charge in [0, 0.05) is 19.6 Å². The molecule has 1 aliphatic heterocycles. The van der Waals surface area contributed by atoms with Crippen molar-refractivity contribution in [2.24, 2.45) is 0 Å². The van der Waals surface area contributed by atoms with Crippen LogP contribution >= 0.6 is 0 Å². The Morgan fingerprint density at radius 1 is 1.23 bits per heavy atom. The summed E-state index contributed by atoms with van der Waals surface area (Å²) in [5, 5.41) is 0. The van der Waals surface area contributed by atoms with Gasteiger partial charge in [0.05, 0.1) is 18.8 Å². The summed E-state index contributed by atoms with van der Waals surface area (Å²) in [7, 11) is 0. The highest BCUT2D eigenvalue weighted by Gasteiger charge is 2.34. The number of alkyl halides is 3. The van der Waals surface area contributed by atoms with Crippen molar-refractivity contribution < 1.29 is 22.6 Å². The first kappa shape index (κ1) is 17.1. The predicted octanol–water partition coefficient (Wildman–Crippen LogP) is 3.54. The van der Waals surface area contributed by atoms with E-state index in [9.17, 15) is 13.2 Å². The second-order valence-corrected chi connectivity index (χ2v) is 5.70. The number of morpholine rings is 1. The van der Waals surface area contributed by atoms with Crippen molar-refractivity contribution in [1.29, 1.82) is 0 Å². The fraction of sp³-hybridized carbons (Fsp3) is 0.625. The van der Waals surface area contributed by atoms with E-state index in [1.54, 1.807) is 19.9 Å². The number of ether oxygens (including phenoxy) is 2. The Hall–Kier alpha value is -1.27. The lowest BCUT2D eigenvalue weighted by atomic mass is 9.96. The first-order valence-corrected chi connectivity index (χ1v) is 7.52. The van der Waals surface area contributed by atoms with Gasteiger partial charge in [-0.3, -0.25) is 4.90 Å². The van der Waals surface area contributed by atoms with Crippen LogP contribution in [0.2, 0.25) is 0 Å². The number of hydrogen-bond acceptors (Lipinski definition) is 3. The largest absolute Gasteiger partial charge is 0.492 e. The molecule has 1 fully saturated rings. The minimum Gasteiger partial charge on any atom is -0.492 e. The van der Waals surface area contributed by atoms with Gasteiger partial charge in [0.1, 0.15) is 12.4 Å². The third kappa shape index (κ3) is 4.61. The highest BCUT2D eigenvalue weighted by Crippen LogP contribution is 2.37. The first-order chi connectivity index (χ1) is 10.4. The number of rotatable bonds is 5. The highest BCUT2D eigenvalue weighted by atomic mass is 19.4. The van der Waals surface area contributed by atoms with E-state index in [-0.39, 0.29) is 11.7 Å². The lowest BCUT2D eigenvalue weighted by Gasteiger charge is -2.26. The topological polar surface area (TPSA) is 21.7 Å². The van der Waals surface area contributed by atoms with Gasteiger partial charge in [0.15, 0.2) is 0 Å². The molecule has 0 bridgehead atoms. The van der Waals surface area contributed by atoms with Crippen molar-refractivity contribution in [3.8, 4) is 5.75 Å². The summed E-state index contributed by atoms with van der Waals surface area (Å²) in [4.78, 5) is 2.18. The van der Waals surface area contributed by atoms with E-state index < -0.39 is 11.7 Å². The minimum atomic E-state index is -4.36. The van der Waals surface area contributed by atoms with Crippen LogP contribution in [0.4, 0.5) is 13.2 Å². The Kier molecular flexibility index (Phi) is 5.69. The van der Waals surface area contributed by atoms with Crippen LogP contribution in [0.1, 0.15) is 30.9 Å². The van der Waals surface area contributed by atoms with E-state index in [0.29, 0.717) is 31.9 Å². The molecule has 0 spiro atoms. The van der Waals surface area contributed by atoms with Gasteiger partial charge in [0.25, 0.3) is 0 Å². The van der Waals surface area contributed by atoms with Crippen LogP contribution in [0.5, 0.6) is 5.75 Å². The molecule has 0 aliphatic carbocycles. The second kappa shape index (κ2) is 7.33. The zero-order chi connectivity index (χ0) is 16.2. The van der Waals surface area contributed by atoms with Crippen molar-refractivity contribution in [2.75, 3.05) is 39.5 Å². The SMILES string of the molecule is CC(C)c1ccc(OCCN2CCOCC2)cc1C(F)(F)F. The quantitative estimate of drug-likeness (QED) is 0.829. The summed E-state index contributed by atoms with van der Waals surface area (Å²) in [6.07, 6.45) is -4.36. The Morgan fingerprint density at radius 3 is 2.50 bits per heavy atom. The predicted molar refractivity (Wildman–Crippen MR) is 78.3 cm³/mol. The molecule has 0 atom stereocenters. The van der Waals surface area contributed by atoms with E-state index in [1.807, 2.05) is 0 Å². The molecule has 0 saturated carbocycles. The third-order valence-electron chi connectivity index (χ3n) is 3.73. The van der Waals surface area contributed by atoms with Gasteiger partial charge in [0.2, 0.25) is 0 Å². The van der Waals surface area contributed by atoms with Crippen LogP contribution in [-0.4, -0.2) is 44.4 Å². The van der Waals surface area contributed by atoms with Crippen LogP contribution in [0.25, 0.3) is 0 Å². The monoisotopic (exact) mass is 317 g/mol. The Morgan fingerprint density at radius 2 is 1.91 bits per heavy atom. The molecular formula is C16H22F3NO2. The average Bonchev–Trinajstić information content (AvgIpc) is 2.47. The molecule has 2 rings (SSSR count). The molecule has 0 N–H and O–H groups in total. The highest BCUT2D eigenvalue weighted by molar-refractivity contribution is 5.39. The van der Waals surface area contributed by atoms with Crippen LogP contribution in [-0.2, 0) is 10.9 Å². The number of halogens is 3. The third-order valence-corrected chi connectivity index (χ3v) is 3.73. The molecule has 1 heterocycles. The van der Waals surface area contributed by atoms with Crippen molar-refractivity contribution in [1.82, 2.24) is 4.90 Å². The van der Waals surface area contributed by atoms with E-state index in [4.69, 9.17) is 9.47 Å². The molecule has 1 aliphatic rings. The summed E-state index contributed by atoms with van der Waals surface area (Å²) < 4.78 is 50.1. The van der Waals surface area contributed by atoms with Crippen molar-refractivity contribution in [3.05, 3.63) is 29.3 Å². The molecule has 1 aromatic carbocycles. The minimum absolute atomic E-state index is 0.181. The molecule has 124 valence electrons. The van der Waals surface area contributed by atoms with Crippen LogP contribution in [0.3, 0.4) is 0 Å². The maximum Gasteiger partial charge on any atom is 0.416 e. The zero-order valence-corrected chi connectivity index (χ0v) is 12.9. The Labute approximate surface area is 129 Å². The van der Waals surface area contributed by atoms with Gasteiger partial charge < -0.3 is 9.47 Å². The molecule has 6 heteroatoms. The van der Waals surface area contributed by atoms with Crippen LogP contribution in [0.15, 0.2) is 18.2 Å². The number of hydrogen-bond donors (Lipinski definition) is 0. The molecule has 1 aromatic rings. The van der Waals surface area contributed by atoms with Crippen LogP contribution < -0.4 is 4.74 Å². The summed E-state index contributed by atoms with van der Waals surface area (Å²) >= 11 is 0. The van der Waals surface area contributed by atoms with E-state index in [2.05, 4.69) is 4.90 Å². The smallest absolute Gasteiger partial charge is 0.416 e. The van der Waals surface area contributed by atoms with E-state index >= 15 is 0 Å². The first-order valence-electron chi connectivity index (χ1n) is 7.52. The molecule has 0 unspecified atom stereocenters. The van der Waals surface area contributed by atoms with Gasteiger partial charge in [-0.1, -0.05) is 19.9 Å². The number of nitrogens with zero attached hydrogens (tertiary/aromatic N) is 1. The van der Waals surface area contributed by atoms with Crippen LogP contribution in [0, 0.1) is 0 Å².